The summed E-state index contributed by atoms with van der Waals surface area (Å²) in [7, 11) is -3.85. The zero-order valence-electron chi connectivity index (χ0n) is 12.7. The summed E-state index contributed by atoms with van der Waals surface area (Å²) in [4.78, 5) is 0.0973. The van der Waals surface area contributed by atoms with Crippen molar-refractivity contribution in [1.82, 2.24) is 0 Å². The predicted octanol–water partition coefficient (Wildman–Crippen LogP) is 3.85. The largest absolute Gasteiger partial charge is 0.486 e. The molecular formula is C16H14Cl2O5S. The van der Waals surface area contributed by atoms with Crippen LogP contribution in [0.2, 0.25) is 10.0 Å². The fraction of sp³-hybridized carbons (Fsp3) is 0.250. The highest BCUT2D eigenvalue weighted by Crippen LogP contribution is 2.38. The zero-order chi connectivity index (χ0) is 17.3. The van der Waals surface area contributed by atoms with Crippen LogP contribution >= 0.6 is 23.2 Å². The summed E-state index contributed by atoms with van der Waals surface area (Å²) < 4.78 is 40.6. The number of benzene rings is 2. The number of aryl methyl sites for hydroxylation is 1. The molecule has 1 heterocycles. The average molecular weight is 389 g/mol. The van der Waals surface area contributed by atoms with Crippen molar-refractivity contribution in [2.75, 3.05) is 13.2 Å². The summed E-state index contributed by atoms with van der Waals surface area (Å²) in [6.45, 7) is 1.85. The van der Waals surface area contributed by atoms with Gasteiger partial charge in [-0.3, -0.25) is 4.18 Å². The summed E-state index contributed by atoms with van der Waals surface area (Å²) in [5.41, 5.74) is 0.963. The van der Waals surface area contributed by atoms with Crippen LogP contribution in [0, 0.1) is 6.92 Å². The van der Waals surface area contributed by atoms with E-state index in [1.54, 1.807) is 18.2 Å². The van der Waals surface area contributed by atoms with E-state index >= 15 is 0 Å². The Morgan fingerprint density at radius 3 is 2.42 bits per heavy atom. The van der Waals surface area contributed by atoms with Crippen LogP contribution in [-0.4, -0.2) is 27.7 Å². The highest BCUT2D eigenvalue weighted by Gasteiger charge is 2.25. The third kappa shape index (κ3) is 3.78. The van der Waals surface area contributed by atoms with Gasteiger partial charge in [-0.2, -0.15) is 8.42 Å². The third-order valence-electron chi connectivity index (χ3n) is 3.42. The van der Waals surface area contributed by atoms with Gasteiger partial charge in [-0.25, -0.2) is 0 Å². The smallest absolute Gasteiger partial charge is 0.297 e. The molecule has 0 aliphatic carbocycles. The number of hydrogen-bond donors (Lipinski definition) is 0. The van der Waals surface area contributed by atoms with Gasteiger partial charge in [-0.05, 0) is 19.1 Å². The lowest BCUT2D eigenvalue weighted by Crippen LogP contribution is -2.34. The van der Waals surface area contributed by atoms with Gasteiger partial charge in [0, 0.05) is 12.1 Å². The highest BCUT2D eigenvalue weighted by molar-refractivity contribution is 7.86. The summed E-state index contributed by atoms with van der Waals surface area (Å²) in [6.07, 6.45) is -0.574. The molecule has 0 saturated carbocycles. The van der Waals surface area contributed by atoms with E-state index in [0.29, 0.717) is 21.5 Å². The molecule has 1 atom stereocenters. The first kappa shape index (κ1) is 17.4. The van der Waals surface area contributed by atoms with E-state index in [1.165, 1.54) is 18.2 Å². The first-order valence-electron chi connectivity index (χ1n) is 7.10. The Morgan fingerprint density at radius 1 is 1.12 bits per heavy atom. The van der Waals surface area contributed by atoms with Crippen LogP contribution in [0.3, 0.4) is 0 Å². The van der Waals surface area contributed by atoms with Gasteiger partial charge in [0.25, 0.3) is 10.1 Å². The van der Waals surface area contributed by atoms with E-state index in [1.807, 2.05) is 6.92 Å². The molecule has 0 N–H and O–H groups in total. The quantitative estimate of drug-likeness (QED) is 0.744. The van der Waals surface area contributed by atoms with Crippen LogP contribution in [0.15, 0.2) is 41.3 Å². The summed E-state index contributed by atoms with van der Waals surface area (Å²) in [5, 5.41) is 0.684. The number of rotatable bonds is 4. The summed E-state index contributed by atoms with van der Waals surface area (Å²) in [5.74, 6) is 0.860. The number of hydrogen-bond acceptors (Lipinski definition) is 5. The van der Waals surface area contributed by atoms with E-state index in [4.69, 9.17) is 36.9 Å². The second-order valence-corrected chi connectivity index (χ2v) is 7.75. The van der Waals surface area contributed by atoms with Crippen LogP contribution in [0.4, 0.5) is 0 Å². The molecule has 8 heteroatoms. The minimum Gasteiger partial charge on any atom is -0.486 e. The topological polar surface area (TPSA) is 61.8 Å². The molecule has 0 saturated heterocycles. The molecule has 0 fully saturated rings. The maximum absolute atomic E-state index is 12.2. The molecule has 2 aromatic rings. The van der Waals surface area contributed by atoms with Gasteiger partial charge in [0.2, 0.25) is 0 Å². The molecule has 0 spiro atoms. The first-order valence-corrected chi connectivity index (χ1v) is 9.26. The maximum Gasteiger partial charge on any atom is 0.297 e. The number of ether oxygens (including phenoxy) is 2. The van der Waals surface area contributed by atoms with Crippen LogP contribution < -0.4 is 9.47 Å². The van der Waals surface area contributed by atoms with E-state index in [0.717, 1.165) is 5.56 Å². The normalized spacial score (nSPS) is 16.9. The molecule has 3 rings (SSSR count). The molecule has 1 aliphatic heterocycles. The molecular weight excluding hydrogens is 375 g/mol. The molecule has 0 aromatic heterocycles. The van der Waals surface area contributed by atoms with E-state index in [9.17, 15) is 8.42 Å². The average Bonchev–Trinajstić information content (AvgIpc) is 2.54. The van der Waals surface area contributed by atoms with Crippen molar-refractivity contribution in [1.29, 1.82) is 0 Å². The number of fused-ring (bicyclic) bond motifs is 1. The lowest BCUT2D eigenvalue weighted by Gasteiger charge is -2.26. The Balaban J connectivity index is 1.67. The van der Waals surface area contributed by atoms with Crippen molar-refractivity contribution in [3.05, 3.63) is 52.0 Å². The van der Waals surface area contributed by atoms with Crippen molar-refractivity contribution in [3.8, 4) is 11.5 Å². The molecule has 0 amide bonds. The molecule has 0 bridgehead atoms. The van der Waals surface area contributed by atoms with Crippen LogP contribution in [-0.2, 0) is 14.3 Å². The van der Waals surface area contributed by atoms with Gasteiger partial charge in [0.1, 0.15) is 13.2 Å². The summed E-state index contributed by atoms with van der Waals surface area (Å²) >= 11 is 11.9. The van der Waals surface area contributed by atoms with E-state index < -0.39 is 16.2 Å². The Labute approximate surface area is 150 Å². The minimum absolute atomic E-state index is 0.0973. The standard InChI is InChI=1S/C16H14Cl2O5S/c1-10-2-4-12(5-3-10)24(19,20)22-9-11-8-21-15-6-13(17)14(18)7-16(15)23-11/h2-7,11H,8-9H2,1H3/t11-/m0/s1. The van der Waals surface area contributed by atoms with Crippen molar-refractivity contribution in [2.24, 2.45) is 0 Å². The van der Waals surface area contributed by atoms with E-state index in [2.05, 4.69) is 0 Å². The lowest BCUT2D eigenvalue weighted by atomic mass is 10.2. The van der Waals surface area contributed by atoms with Crippen molar-refractivity contribution >= 4 is 33.3 Å². The van der Waals surface area contributed by atoms with Crippen molar-refractivity contribution in [3.63, 3.8) is 0 Å². The van der Waals surface area contributed by atoms with Crippen molar-refractivity contribution < 1.29 is 22.1 Å². The third-order valence-corrected chi connectivity index (χ3v) is 5.44. The maximum atomic E-state index is 12.2. The molecule has 0 radical (unpaired) electrons. The zero-order valence-corrected chi connectivity index (χ0v) is 15.0. The molecule has 2 aromatic carbocycles. The van der Waals surface area contributed by atoms with Gasteiger partial charge in [-0.1, -0.05) is 40.9 Å². The molecule has 24 heavy (non-hydrogen) atoms. The van der Waals surface area contributed by atoms with E-state index in [-0.39, 0.29) is 18.1 Å². The SMILES string of the molecule is Cc1ccc(S(=O)(=O)OC[C@@H]2COc3cc(Cl)c(Cl)cc3O2)cc1. The Morgan fingerprint density at radius 2 is 1.75 bits per heavy atom. The predicted molar refractivity (Wildman–Crippen MR) is 90.7 cm³/mol. The van der Waals surface area contributed by atoms with Gasteiger partial charge < -0.3 is 9.47 Å². The molecule has 1 aliphatic rings. The van der Waals surface area contributed by atoms with Crippen LogP contribution in [0.1, 0.15) is 5.56 Å². The fourth-order valence-corrected chi connectivity index (χ4v) is 3.38. The fourth-order valence-electron chi connectivity index (χ4n) is 2.13. The molecule has 0 unspecified atom stereocenters. The van der Waals surface area contributed by atoms with Crippen LogP contribution in [0.5, 0.6) is 11.5 Å². The lowest BCUT2D eigenvalue weighted by molar-refractivity contribution is 0.0555. The Hall–Kier alpha value is -1.47. The van der Waals surface area contributed by atoms with Crippen LogP contribution in [0.25, 0.3) is 0 Å². The molecule has 128 valence electrons. The number of halogens is 2. The minimum atomic E-state index is -3.85. The van der Waals surface area contributed by atoms with Gasteiger partial charge in [-0.15, -0.1) is 0 Å². The Kier molecular flexibility index (Phi) is 4.92. The molecule has 5 nitrogen and oxygen atoms in total. The Bertz CT molecular complexity index is 850. The van der Waals surface area contributed by atoms with Gasteiger partial charge >= 0.3 is 0 Å². The second-order valence-electron chi connectivity index (χ2n) is 5.32. The van der Waals surface area contributed by atoms with Gasteiger partial charge in [0.15, 0.2) is 17.6 Å². The monoisotopic (exact) mass is 388 g/mol. The van der Waals surface area contributed by atoms with Crippen molar-refractivity contribution in [2.45, 2.75) is 17.9 Å². The first-order chi connectivity index (χ1) is 11.3. The second kappa shape index (κ2) is 6.80. The highest BCUT2D eigenvalue weighted by atomic mass is 35.5. The van der Waals surface area contributed by atoms with Gasteiger partial charge in [0.05, 0.1) is 14.9 Å². The summed E-state index contributed by atoms with van der Waals surface area (Å²) in [6, 6.07) is 9.50.